The fourth-order valence-electron chi connectivity index (χ4n) is 3.69. The molecule has 2 atom stereocenters. The van der Waals surface area contributed by atoms with Gasteiger partial charge in [-0.05, 0) is 47.5 Å². The zero-order chi connectivity index (χ0) is 19.8. The first-order chi connectivity index (χ1) is 14.2. The lowest BCUT2D eigenvalue weighted by molar-refractivity contribution is -0.165. The number of nitrogens with zero attached hydrogens (tertiary/aromatic N) is 1. The van der Waals surface area contributed by atoms with E-state index in [0.29, 0.717) is 23.8 Å². The van der Waals surface area contributed by atoms with Gasteiger partial charge in [-0.3, -0.25) is 4.79 Å². The number of rotatable bonds is 5. The minimum absolute atomic E-state index is 0.110. The van der Waals surface area contributed by atoms with E-state index in [1.54, 1.807) is 17.0 Å². The molecule has 2 unspecified atom stereocenters. The fraction of sp³-hybridized carbons (Fsp3) is 0.174. The van der Waals surface area contributed by atoms with Gasteiger partial charge in [0.1, 0.15) is 17.6 Å². The van der Waals surface area contributed by atoms with Crippen molar-refractivity contribution in [3.63, 3.8) is 0 Å². The molecule has 2 heterocycles. The monoisotopic (exact) mass is 391 g/mol. The molecule has 0 aromatic heterocycles. The number of para-hydroxylation sites is 1. The van der Waals surface area contributed by atoms with Crippen molar-refractivity contribution in [2.24, 2.45) is 0 Å². The minimum atomic E-state index is -0.641. The van der Waals surface area contributed by atoms with Crippen molar-refractivity contribution in [1.29, 1.82) is 0 Å². The summed E-state index contributed by atoms with van der Waals surface area (Å²) in [6, 6.07) is 20.8. The van der Waals surface area contributed by atoms with Gasteiger partial charge in [0.2, 0.25) is 12.9 Å². The molecular formula is C23H18FNO4. The molecule has 146 valence electrons. The van der Waals surface area contributed by atoms with Crippen molar-refractivity contribution in [3.05, 3.63) is 89.7 Å². The molecule has 0 radical (unpaired) electrons. The minimum Gasteiger partial charge on any atom is -0.478 e. The van der Waals surface area contributed by atoms with Crippen LogP contribution in [0.3, 0.4) is 0 Å². The summed E-state index contributed by atoms with van der Waals surface area (Å²) in [7, 11) is 0. The fourth-order valence-corrected chi connectivity index (χ4v) is 3.69. The highest BCUT2D eigenvalue weighted by Crippen LogP contribution is 2.42. The quantitative estimate of drug-likeness (QED) is 0.615. The highest BCUT2D eigenvalue weighted by atomic mass is 19.1. The highest BCUT2D eigenvalue weighted by Gasteiger charge is 2.50. The van der Waals surface area contributed by atoms with Gasteiger partial charge < -0.3 is 19.1 Å². The van der Waals surface area contributed by atoms with E-state index in [1.807, 2.05) is 48.5 Å². The molecule has 6 heteroatoms. The Hall–Kier alpha value is -3.54. The number of likely N-dealkylation sites (tertiary alicyclic amines) is 1. The maximum Gasteiger partial charge on any atom is 0.267 e. The number of halogens is 1. The third kappa shape index (κ3) is 3.27. The molecule has 2 aliphatic heterocycles. The lowest BCUT2D eigenvalue weighted by atomic mass is 9.89. The van der Waals surface area contributed by atoms with E-state index in [1.165, 1.54) is 12.1 Å². The van der Waals surface area contributed by atoms with E-state index in [2.05, 4.69) is 0 Å². The summed E-state index contributed by atoms with van der Waals surface area (Å²) in [5.41, 5.74) is 1.75. The standard InChI is InChI=1S/C23H18FNO4/c24-17-9-6-15(7-10-17)13-25-21(16-8-11-19-20(12-16)28-14-27-19)22(23(25)26)29-18-4-2-1-3-5-18/h1-12,21-22H,13-14H2. The third-order valence-electron chi connectivity index (χ3n) is 5.16. The first-order valence-electron chi connectivity index (χ1n) is 9.35. The van der Waals surface area contributed by atoms with Crippen LogP contribution < -0.4 is 14.2 Å². The SMILES string of the molecule is O=C1C(Oc2ccccc2)C(c2ccc3c(c2)OCO3)N1Cc1ccc(F)cc1. The third-order valence-corrected chi connectivity index (χ3v) is 5.16. The smallest absolute Gasteiger partial charge is 0.267 e. The van der Waals surface area contributed by atoms with E-state index in [4.69, 9.17) is 14.2 Å². The summed E-state index contributed by atoms with van der Waals surface area (Å²) in [5.74, 6) is 1.56. The van der Waals surface area contributed by atoms with Crippen LogP contribution in [0.5, 0.6) is 17.2 Å². The van der Waals surface area contributed by atoms with E-state index in [-0.39, 0.29) is 24.6 Å². The predicted octanol–water partition coefficient (Wildman–Crippen LogP) is 4.09. The predicted molar refractivity (Wildman–Crippen MR) is 103 cm³/mol. The molecule has 5 nitrogen and oxygen atoms in total. The summed E-state index contributed by atoms with van der Waals surface area (Å²) in [6.45, 7) is 0.554. The van der Waals surface area contributed by atoms with Gasteiger partial charge in [-0.2, -0.15) is 0 Å². The number of hydrogen-bond donors (Lipinski definition) is 0. The molecule has 0 bridgehead atoms. The lowest BCUT2D eigenvalue weighted by Gasteiger charge is -2.46. The Morgan fingerprint density at radius 2 is 1.72 bits per heavy atom. The molecule has 0 spiro atoms. The van der Waals surface area contributed by atoms with Crippen LogP contribution in [0.4, 0.5) is 4.39 Å². The molecule has 29 heavy (non-hydrogen) atoms. The molecule has 0 saturated carbocycles. The zero-order valence-corrected chi connectivity index (χ0v) is 15.5. The van der Waals surface area contributed by atoms with Crippen LogP contribution in [0.15, 0.2) is 72.8 Å². The molecule has 3 aromatic carbocycles. The molecule has 0 aliphatic carbocycles. The number of benzene rings is 3. The summed E-state index contributed by atoms with van der Waals surface area (Å²) in [6.07, 6.45) is -0.641. The van der Waals surface area contributed by atoms with Gasteiger partial charge in [0.15, 0.2) is 11.5 Å². The Morgan fingerprint density at radius 3 is 2.52 bits per heavy atom. The Bertz CT molecular complexity index is 1040. The topological polar surface area (TPSA) is 48.0 Å². The zero-order valence-electron chi connectivity index (χ0n) is 15.5. The number of hydrogen-bond acceptors (Lipinski definition) is 4. The number of fused-ring (bicyclic) bond motifs is 1. The molecule has 3 aromatic rings. The Kier molecular flexibility index (Phi) is 4.31. The van der Waals surface area contributed by atoms with Crippen molar-refractivity contribution in [3.8, 4) is 17.2 Å². The van der Waals surface area contributed by atoms with Crippen molar-refractivity contribution >= 4 is 5.91 Å². The largest absolute Gasteiger partial charge is 0.478 e. The van der Waals surface area contributed by atoms with Crippen LogP contribution in [0.25, 0.3) is 0 Å². The van der Waals surface area contributed by atoms with Crippen molar-refractivity contribution < 1.29 is 23.4 Å². The van der Waals surface area contributed by atoms with Crippen molar-refractivity contribution in [2.45, 2.75) is 18.7 Å². The van der Waals surface area contributed by atoms with Gasteiger partial charge in [0, 0.05) is 6.54 Å². The summed E-state index contributed by atoms with van der Waals surface area (Å²) < 4.78 is 30.1. The molecular weight excluding hydrogens is 373 g/mol. The normalized spacial score (nSPS) is 19.8. The van der Waals surface area contributed by atoms with Crippen LogP contribution in [-0.2, 0) is 11.3 Å². The second kappa shape index (κ2) is 7.13. The number of amides is 1. The van der Waals surface area contributed by atoms with E-state index >= 15 is 0 Å². The van der Waals surface area contributed by atoms with Gasteiger partial charge in [0.25, 0.3) is 5.91 Å². The van der Waals surface area contributed by atoms with Gasteiger partial charge in [-0.15, -0.1) is 0 Å². The Morgan fingerprint density at radius 1 is 0.966 bits per heavy atom. The van der Waals surface area contributed by atoms with Gasteiger partial charge in [-0.1, -0.05) is 36.4 Å². The second-order valence-electron chi connectivity index (χ2n) is 7.00. The van der Waals surface area contributed by atoms with Crippen molar-refractivity contribution in [1.82, 2.24) is 4.90 Å². The Balaban J connectivity index is 1.45. The second-order valence-corrected chi connectivity index (χ2v) is 7.00. The van der Waals surface area contributed by atoms with Crippen LogP contribution in [-0.4, -0.2) is 23.7 Å². The van der Waals surface area contributed by atoms with Gasteiger partial charge in [-0.25, -0.2) is 4.39 Å². The summed E-state index contributed by atoms with van der Waals surface area (Å²) in [5, 5.41) is 0. The van der Waals surface area contributed by atoms with Crippen LogP contribution in [0.2, 0.25) is 0 Å². The van der Waals surface area contributed by atoms with E-state index in [0.717, 1.165) is 11.1 Å². The van der Waals surface area contributed by atoms with Gasteiger partial charge in [0.05, 0.1) is 0 Å². The number of carbonyl (C=O) groups excluding carboxylic acids is 1. The summed E-state index contributed by atoms with van der Waals surface area (Å²) in [4.78, 5) is 14.7. The molecule has 0 N–H and O–H groups in total. The molecule has 1 amide bonds. The van der Waals surface area contributed by atoms with Crippen LogP contribution >= 0.6 is 0 Å². The first kappa shape index (κ1) is 17.6. The summed E-state index contributed by atoms with van der Waals surface area (Å²) >= 11 is 0. The Labute approximate surface area is 167 Å². The van der Waals surface area contributed by atoms with Crippen LogP contribution in [0, 0.1) is 5.82 Å². The van der Waals surface area contributed by atoms with E-state index in [9.17, 15) is 9.18 Å². The maximum atomic E-state index is 13.2. The molecule has 1 saturated heterocycles. The molecule has 1 fully saturated rings. The molecule has 5 rings (SSSR count). The van der Waals surface area contributed by atoms with E-state index < -0.39 is 6.10 Å². The molecule has 2 aliphatic rings. The van der Waals surface area contributed by atoms with Crippen molar-refractivity contribution in [2.75, 3.05) is 6.79 Å². The number of carbonyl (C=O) groups is 1. The number of β-lactam (4-membered cyclic amide) rings is 1. The van der Waals surface area contributed by atoms with Gasteiger partial charge >= 0.3 is 0 Å². The maximum absolute atomic E-state index is 13.2. The van der Waals surface area contributed by atoms with Crippen LogP contribution in [0.1, 0.15) is 17.2 Å². The highest BCUT2D eigenvalue weighted by molar-refractivity contribution is 5.89. The average molecular weight is 391 g/mol. The number of ether oxygens (including phenoxy) is 3. The lowest BCUT2D eigenvalue weighted by Crippen LogP contribution is -2.60. The average Bonchev–Trinajstić information content (AvgIpc) is 3.22. The first-order valence-corrected chi connectivity index (χ1v) is 9.35.